The zero-order valence-electron chi connectivity index (χ0n) is 9.81. The molecule has 1 N–H and O–H groups in total. The first-order valence-electron chi connectivity index (χ1n) is 5.22. The van der Waals surface area contributed by atoms with Gasteiger partial charge in [-0.05, 0) is 31.1 Å². The molecule has 0 saturated carbocycles. The topological polar surface area (TPSA) is 12.0 Å². The van der Waals surface area contributed by atoms with Gasteiger partial charge in [0, 0.05) is 11.8 Å². The second-order valence-corrected chi connectivity index (χ2v) is 5.72. The first-order chi connectivity index (χ1) is 5.99. The maximum Gasteiger partial charge on any atom is 0.0158 e. The van der Waals surface area contributed by atoms with E-state index < -0.39 is 0 Å². The van der Waals surface area contributed by atoms with Crippen molar-refractivity contribution in [3.05, 3.63) is 0 Å². The molecular formula is C11H25NS. The lowest BCUT2D eigenvalue weighted by Gasteiger charge is -2.23. The molecule has 0 aliphatic carbocycles. The van der Waals surface area contributed by atoms with Crippen molar-refractivity contribution < 1.29 is 0 Å². The quantitative estimate of drug-likeness (QED) is 0.712. The average molecular weight is 203 g/mol. The Morgan fingerprint density at radius 1 is 1.31 bits per heavy atom. The number of thioether (sulfide) groups is 1. The van der Waals surface area contributed by atoms with Crippen LogP contribution in [0.1, 0.15) is 40.5 Å². The minimum Gasteiger partial charge on any atom is -0.313 e. The third-order valence-electron chi connectivity index (χ3n) is 2.10. The molecule has 0 heterocycles. The second kappa shape index (κ2) is 6.72. The fraction of sp³-hybridized carbons (Fsp3) is 1.00. The van der Waals surface area contributed by atoms with E-state index in [0.29, 0.717) is 11.5 Å². The highest BCUT2D eigenvalue weighted by Gasteiger charge is 2.13. The van der Waals surface area contributed by atoms with E-state index in [1.807, 2.05) is 11.8 Å². The molecule has 0 amide bonds. The number of rotatable bonds is 6. The fourth-order valence-electron chi connectivity index (χ4n) is 1.34. The summed E-state index contributed by atoms with van der Waals surface area (Å²) in [6.45, 7) is 10.2. The van der Waals surface area contributed by atoms with Crippen molar-refractivity contribution in [2.75, 3.05) is 18.6 Å². The molecule has 1 nitrogen and oxygen atoms in total. The Morgan fingerprint density at radius 2 is 1.92 bits per heavy atom. The Hall–Kier alpha value is 0.310. The van der Waals surface area contributed by atoms with Gasteiger partial charge in [-0.15, -0.1) is 0 Å². The molecular weight excluding hydrogens is 178 g/mol. The predicted octanol–water partition coefficient (Wildman–Crippen LogP) is 3.15. The van der Waals surface area contributed by atoms with Gasteiger partial charge in [0.15, 0.2) is 0 Å². The van der Waals surface area contributed by atoms with Gasteiger partial charge in [-0.3, -0.25) is 0 Å². The third kappa shape index (κ3) is 8.63. The molecule has 0 aromatic rings. The van der Waals surface area contributed by atoms with Gasteiger partial charge in [-0.1, -0.05) is 27.7 Å². The van der Waals surface area contributed by atoms with Gasteiger partial charge in [-0.2, -0.15) is 11.8 Å². The lowest BCUT2D eigenvalue weighted by Crippen LogP contribution is -2.32. The summed E-state index contributed by atoms with van der Waals surface area (Å²) < 4.78 is 0. The molecule has 0 fully saturated rings. The summed E-state index contributed by atoms with van der Waals surface area (Å²) in [6, 6.07) is 0.708. The van der Waals surface area contributed by atoms with Crippen molar-refractivity contribution in [3.8, 4) is 0 Å². The monoisotopic (exact) mass is 203 g/mol. The molecule has 1 unspecified atom stereocenters. The maximum atomic E-state index is 3.54. The van der Waals surface area contributed by atoms with Crippen molar-refractivity contribution in [2.24, 2.45) is 5.41 Å². The zero-order valence-corrected chi connectivity index (χ0v) is 10.6. The highest BCUT2D eigenvalue weighted by Crippen LogP contribution is 2.22. The fourth-order valence-corrected chi connectivity index (χ4v) is 2.03. The van der Waals surface area contributed by atoms with Crippen LogP contribution >= 0.6 is 11.8 Å². The zero-order chi connectivity index (χ0) is 10.3. The summed E-state index contributed by atoms with van der Waals surface area (Å²) in [5.74, 6) is 1.24. The Morgan fingerprint density at radius 3 is 2.31 bits per heavy atom. The lowest BCUT2D eigenvalue weighted by atomic mass is 9.89. The molecule has 0 radical (unpaired) electrons. The minimum absolute atomic E-state index is 0.478. The molecule has 0 saturated heterocycles. The average Bonchev–Trinajstić information content (AvgIpc) is 2.00. The predicted molar refractivity (Wildman–Crippen MR) is 64.5 cm³/mol. The van der Waals surface area contributed by atoms with Gasteiger partial charge in [0.1, 0.15) is 0 Å². The van der Waals surface area contributed by atoms with E-state index in [4.69, 9.17) is 0 Å². The molecule has 13 heavy (non-hydrogen) atoms. The van der Waals surface area contributed by atoms with Gasteiger partial charge in [-0.25, -0.2) is 0 Å². The third-order valence-corrected chi connectivity index (χ3v) is 2.84. The molecule has 0 bridgehead atoms. The standard InChI is InChI=1S/C11H25NS/c1-6-12-10(9-13-5)7-8-11(2,3)4/h10,12H,6-9H2,1-5H3. The van der Waals surface area contributed by atoms with Crippen LogP contribution in [0.3, 0.4) is 0 Å². The van der Waals surface area contributed by atoms with E-state index in [9.17, 15) is 0 Å². The molecule has 0 aliphatic heterocycles. The van der Waals surface area contributed by atoms with Crippen molar-refractivity contribution in [1.82, 2.24) is 5.32 Å². The van der Waals surface area contributed by atoms with Crippen molar-refractivity contribution in [1.29, 1.82) is 0 Å². The summed E-state index contributed by atoms with van der Waals surface area (Å²) in [5.41, 5.74) is 0.478. The van der Waals surface area contributed by atoms with E-state index in [1.54, 1.807) is 0 Å². The first-order valence-corrected chi connectivity index (χ1v) is 6.61. The Kier molecular flexibility index (Phi) is 6.88. The van der Waals surface area contributed by atoms with Gasteiger partial charge in [0.05, 0.1) is 0 Å². The van der Waals surface area contributed by atoms with Gasteiger partial charge in [0.25, 0.3) is 0 Å². The Balaban J connectivity index is 3.68. The summed E-state index contributed by atoms with van der Waals surface area (Å²) in [5, 5.41) is 3.54. The Bertz CT molecular complexity index is 112. The van der Waals surface area contributed by atoms with E-state index in [-0.39, 0.29) is 0 Å². The van der Waals surface area contributed by atoms with Crippen LogP contribution < -0.4 is 5.32 Å². The Labute approximate surface area is 88.1 Å². The molecule has 0 rings (SSSR count). The largest absolute Gasteiger partial charge is 0.313 e. The van der Waals surface area contributed by atoms with E-state index in [1.165, 1.54) is 18.6 Å². The van der Waals surface area contributed by atoms with Gasteiger partial charge < -0.3 is 5.32 Å². The summed E-state index contributed by atoms with van der Waals surface area (Å²) >= 11 is 1.94. The van der Waals surface area contributed by atoms with Crippen molar-refractivity contribution >= 4 is 11.8 Å². The summed E-state index contributed by atoms with van der Waals surface area (Å²) in [4.78, 5) is 0. The number of hydrogen-bond acceptors (Lipinski definition) is 2. The molecule has 0 aromatic carbocycles. The molecule has 0 aromatic heterocycles. The molecule has 2 heteroatoms. The van der Waals surface area contributed by atoms with Crippen molar-refractivity contribution in [2.45, 2.75) is 46.6 Å². The maximum absolute atomic E-state index is 3.54. The van der Waals surface area contributed by atoms with Crippen LogP contribution in [0, 0.1) is 5.41 Å². The van der Waals surface area contributed by atoms with Crippen molar-refractivity contribution in [3.63, 3.8) is 0 Å². The van der Waals surface area contributed by atoms with E-state index in [2.05, 4.69) is 39.3 Å². The SMILES string of the molecule is CCNC(CCC(C)(C)C)CSC. The molecule has 0 aliphatic rings. The summed E-state index contributed by atoms with van der Waals surface area (Å²) in [6.07, 6.45) is 4.80. The molecule has 80 valence electrons. The van der Waals surface area contributed by atoms with Crippen LogP contribution in [0.2, 0.25) is 0 Å². The van der Waals surface area contributed by atoms with Crippen LogP contribution in [0.4, 0.5) is 0 Å². The highest BCUT2D eigenvalue weighted by atomic mass is 32.2. The van der Waals surface area contributed by atoms with Gasteiger partial charge in [0.2, 0.25) is 0 Å². The van der Waals surface area contributed by atoms with E-state index >= 15 is 0 Å². The lowest BCUT2D eigenvalue weighted by molar-refractivity contribution is 0.340. The van der Waals surface area contributed by atoms with Crippen LogP contribution in [0.25, 0.3) is 0 Å². The van der Waals surface area contributed by atoms with E-state index in [0.717, 1.165) is 6.54 Å². The molecule has 0 spiro atoms. The van der Waals surface area contributed by atoms with Crippen LogP contribution in [-0.2, 0) is 0 Å². The number of hydrogen-bond donors (Lipinski definition) is 1. The molecule has 1 atom stereocenters. The smallest absolute Gasteiger partial charge is 0.0158 e. The minimum atomic E-state index is 0.478. The highest BCUT2D eigenvalue weighted by molar-refractivity contribution is 7.98. The first kappa shape index (κ1) is 13.3. The second-order valence-electron chi connectivity index (χ2n) is 4.81. The van der Waals surface area contributed by atoms with Crippen LogP contribution in [0.15, 0.2) is 0 Å². The van der Waals surface area contributed by atoms with Crippen LogP contribution in [0.5, 0.6) is 0 Å². The normalized spacial score (nSPS) is 14.5. The summed E-state index contributed by atoms with van der Waals surface area (Å²) in [7, 11) is 0. The van der Waals surface area contributed by atoms with Crippen LogP contribution in [-0.4, -0.2) is 24.6 Å². The number of nitrogens with one attached hydrogen (secondary N) is 1. The van der Waals surface area contributed by atoms with Gasteiger partial charge >= 0.3 is 0 Å².